The third-order valence-corrected chi connectivity index (χ3v) is 10.0. The van der Waals surface area contributed by atoms with E-state index in [2.05, 4.69) is 4.90 Å². The molecule has 1 saturated carbocycles. The van der Waals surface area contributed by atoms with Gasteiger partial charge in [0.05, 0.1) is 49.5 Å². The molecule has 50 heavy (non-hydrogen) atoms. The summed E-state index contributed by atoms with van der Waals surface area (Å²) < 4.78 is 98.3. The van der Waals surface area contributed by atoms with Gasteiger partial charge in [-0.3, -0.25) is 9.69 Å². The van der Waals surface area contributed by atoms with Gasteiger partial charge < -0.3 is 19.1 Å². The van der Waals surface area contributed by atoms with Gasteiger partial charge in [-0.15, -0.1) is 0 Å². The second-order valence-electron chi connectivity index (χ2n) is 13.2. The van der Waals surface area contributed by atoms with Crippen LogP contribution in [0.15, 0.2) is 42.5 Å². The summed E-state index contributed by atoms with van der Waals surface area (Å²) in [5, 5.41) is 0. The molecule has 2 aromatic carbocycles. The van der Waals surface area contributed by atoms with Gasteiger partial charge in [0.15, 0.2) is 0 Å². The fourth-order valence-electron chi connectivity index (χ4n) is 7.21. The Morgan fingerprint density at radius 2 is 1.64 bits per heavy atom. The van der Waals surface area contributed by atoms with Gasteiger partial charge in [0.25, 0.3) is 0 Å². The van der Waals surface area contributed by atoms with Crippen LogP contribution in [0.5, 0.6) is 5.75 Å². The molecule has 3 heterocycles. The quantitative estimate of drug-likeness (QED) is 0.172. The number of halogens is 6. The number of amides is 1. The number of methoxy groups -OCH3 is 2. The Hall–Kier alpha value is -4.49. The number of alkyl halides is 6. The van der Waals surface area contributed by atoms with E-state index in [1.165, 1.54) is 26.0 Å². The van der Waals surface area contributed by atoms with Crippen LogP contribution in [0.3, 0.4) is 0 Å². The van der Waals surface area contributed by atoms with Gasteiger partial charge in [0, 0.05) is 24.2 Å². The minimum atomic E-state index is -5.05. The molecule has 0 bridgehead atoms. The van der Waals surface area contributed by atoms with E-state index in [9.17, 15) is 35.9 Å². The first-order valence-electron chi connectivity index (χ1n) is 16.4. The van der Waals surface area contributed by atoms with Crippen LogP contribution in [0.2, 0.25) is 0 Å². The van der Waals surface area contributed by atoms with E-state index < -0.39 is 47.3 Å². The van der Waals surface area contributed by atoms with Crippen LogP contribution in [0.4, 0.5) is 37.0 Å². The summed E-state index contributed by atoms with van der Waals surface area (Å²) in [6.45, 7) is 4.87. The number of cyclic esters (lactones) is 1. The highest BCUT2D eigenvalue weighted by Gasteiger charge is 2.44. The maximum atomic E-state index is 13.7. The van der Waals surface area contributed by atoms with Gasteiger partial charge in [0.1, 0.15) is 17.7 Å². The number of hydrogen-bond acceptors (Lipinski definition) is 7. The van der Waals surface area contributed by atoms with Crippen molar-refractivity contribution in [3.8, 4) is 16.9 Å². The van der Waals surface area contributed by atoms with Crippen molar-refractivity contribution in [3.63, 3.8) is 0 Å². The second kappa shape index (κ2) is 13.3. The monoisotopic (exact) mass is 705 g/mol. The van der Waals surface area contributed by atoms with E-state index in [0.717, 1.165) is 37.1 Å². The minimum Gasteiger partial charge on any atom is -0.496 e. The summed E-state index contributed by atoms with van der Waals surface area (Å²) in [6, 6.07) is 8.03. The van der Waals surface area contributed by atoms with E-state index in [-0.39, 0.29) is 30.4 Å². The average Bonchev–Trinajstić information content (AvgIpc) is 3.63. The lowest BCUT2D eigenvalue weighted by atomic mass is 9.90. The maximum absolute atomic E-state index is 13.7. The Morgan fingerprint density at radius 1 is 0.960 bits per heavy atom. The largest absolute Gasteiger partial charge is 0.496 e. The molecule has 0 unspecified atom stereocenters. The van der Waals surface area contributed by atoms with Gasteiger partial charge in [0.2, 0.25) is 0 Å². The van der Waals surface area contributed by atoms with Gasteiger partial charge in [-0.2, -0.15) is 26.3 Å². The first-order chi connectivity index (χ1) is 23.6. The predicted molar refractivity (Wildman–Crippen MR) is 171 cm³/mol. The molecule has 3 aliphatic rings. The summed E-state index contributed by atoms with van der Waals surface area (Å²) in [5.74, 6) is 0.866. The van der Waals surface area contributed by atoms with Crippen LogP contribution in [0.1, 0.15) is 78.1 Å². The van der Waals surface area contributed by atoms with Crippen LogP contribution in [-0.4, -0.2) is 55.3 Å². The highest BCUT2D eigenvalue weighted by Crippen LogP contribution is 2.45. The summed E-state index contributed by atoms with van der Waals surface area (Å²) >= 11 is 0. The molecule has 0 spiro atoms. The van der Waals surface area contributed by atoms with E-state index >= 15 is 0 Å². The topological polar surface area (TPSA) is 81.2 Å². The van der Waals surface area contributed by atoms with E-state index in [4.69, 9.17) is 19.2 Å². The molecule has 2 aliphatic heterocycles. The number of nitrogens with zero attached hydrogens (tertiary/aromatic N) is 3. The number of aryl methyl sites for hydroxylation is 1. The van der Waals surface area contributed by atoms with Crippen LogP contribution in [0.25, 0.3) is 11.1 Å². The third kappa shape index (κ3) is 6.80. The zero-order valence-electron chi connectivity index (χ0n) is 28.0. The normalized spacial score (nSPS) is 22.4. The first-order valence-corrected chi connectivity index (χ1v) is 16.4. The Bertz CT molecular complexity index is 1760. The number of carbonyl (C=O) groups is 2. The summed E-state index contributed by atoms with van der Waals surface area (Å²) in [4.78, 5) is 33.9. The fraction of sp³-hybridized carbons (Fsp3) is 0.472. The number of rotatable bonds is 8. The second-order valence-corrected chi connectivity index (χ2v) is 13.2. The predicted octanol–water partition coefficient (Wildman–Crippen LogP) is 8.45. The highest BCUT2D eigenvalue weighted by atomic mass is 19.4. The van der Waals surface area contributed by atoms with Crippen molar-refractivity contribution in [1.82, 2.24) is 9.88 Å². The minimum absolute atomic E-state index is 0.0473. The molecule has 1 amide bonds. The Balaban J connectivity index is 1.39. The summed E-state index contributed by atoms with van der Waals surface area (Å²) in [6.07, 6.45) is -9.32. The zero-order valence-corrected chi connectivity index (χ0v) is 28.0. The van der Waals surface area contributed by atoms with Crippen LogP contribution in [-0.2, 0) is 33.2 Å². The Labute approximate surface area is 285 Å². The van der Waals surface area contributed by atoms with Crippen molar-refractivity contribution in [1.29, 1.82) is 0 Å². The van der Waals surface area contributed by atoms with Gasteiger partial charge >= 0.3 is 24.4 Å². The smallest absolute Gasteiger partial charge is 0.416 e. The number of anilines is 1. The molecule has 0 radical (unpaired) electrons. The van der Waals surface area contributed by atoms with Crippen LogP contribution >= 0.6 is 0 Å². The maximum Gasteiger partial charge on any atom is 0.416 e. The number of carbonyl (C=O) groups excluding carboxylic acids is 2. The Morgan fingerprint density at radius 3 is 2.22 bits per heavy atom. The van der Waals surface area contributed by atoms with Crippen molar-refractivity contribution >= 4 is 17.9 Å². The first kappa shape index (κ1) is 35.3. The third-order valence-electron chi connectivity index (χ3n) is 10.0. The van der Waals surface area contributed by atoms with Crippen molar-refractivity contribution in [3.05, 3.63) is 76.0 Å². The molecule has 14 heteroatoms. The Kier molecular flexibility index (Phi) is 9.42. The van der Waals surface area contributed by atoms with Crippen molar-refractivity contribution in [2.75, 3.05) is 32.2 Å². The molecule has 3 fully saturated rings. The fourth-order valence-corrected chi connectivity index (χ4v) is 7.21. The van der Waals surface area contributed by atoms with Gasteiger partial charge in [-0.25, -0.2) is 9.78 Å². The molecule has 6 rings (SSSR count). The average molecular weight is 706 g/mol. The lowest BCUT2D eigenvalue weighted by Crippen LogP contribution is -2.38. The van der Waals surface area contributed by atoms with E-state index in [1.807, 2.05) is 31.2 Å². The molecule has 3 aromatic rings. The molecular formula is C36H37F6N3O5. The highest BCUT2D eigenvalue weighted by molar-refractivity contribution is 5.79. The van der Waals surface area contributed by atoms with Crippen LogP contribution < -0.4 is 9.64 Å². The summed E-state index contributed by atoms with van der Waals surface area (Å²) in [7, 11) is 2.91. The van der Waals surface area contributed by atoms with Gasteiger partial charge in [-0.05, 0) is 98.5 Å². The van der Waals surface area contributed by atoms with E-state index in [0.29, 0.717) is 53.4 Å². The lowest BCUT2D eigenvalue weighted by Gasteiger charge is -2.33. The SMILES string of the molecule is COC(=O)[C@@H]1CC[C@@H](c2ccc(OC)c(-c3c(C)cc(N4CCC4)nc3CN3C(=O)O[C@H](c4cc(C(F)(F)F)cc(C(F)(F)F)c4)[C@@H]3C)c2)C1. The number of esters is 1. The van der Waals surface area contributed by atoms with Gasteiger partial charge in [-0.1, -0.05) is 6.07 Å². The number of aromatic nitrogens is 1. The van der Waals surface area contributed by atoms with Crippen molar-refractivity contribution < 1.29 is 50.1 Å². The standard InChI is InChI=1S/C36H37F6N3O5/c1-19-12-30(44-10-5-11-44)43-28(31(19)27-16-22(8-9-29(27)48-3)21-6-7-23(13-21)33(46)49-4)18-45-20(2)32(50-34(45)47)24-14-25(35(37,38)39)17-26(15-24)36(40,41)42/h8-9,12,14-17,20-21,23,32H,5-7,10-11,13,18H2,1-4H3/t20-,21+,23+,32-/m0/s1. The lowest BCUT2D eigenvalue weighted by molar-refractivity contribution is -0.145. The molecule has 1 aromatic heterocycles. The van der Waals surface area contributed by atoms with E-state index in [1.54, 1.807) is 0 Å². The number of ether oxygens (including phenoxy) is 3. The molecular weight excluding hydrogens is 668 g/mol. The molecule has 268 valence electrons. The molecule has 8 nitrogen and oxygen atoms in total. The number of benzene rings is 2. The molecule has 0 N–H and O–H groups in total. The number of hydrogen-bond donors (Lipinski definition) is 0. The molecule has 4 atom stereocenters. The molecule has 1 aliphatic carbocycles. The summed E-state index contributed by atoms with van der Waals surface area (Å²) in [5.41, 5.74) is 0.273. The number of pyridine rings is 1. The molecule has 2 saturated heterocycles. The zero-order chi connectivity index (χ0) is 36.1. The van der Waals surface area contributed by atoms with Crippen LogP contribution in [0, 0.1) is 12.8 Å². The van der Waals surface area contributed by atoms with Crippen molar-refractivity contribution in [2.45, 2.75) is 76.5 Å². The van der Waals surface area contributed by atoms with Crippen molar-refractivity contribution in [2.24, 2.45) is 5.92 Å².